The van der Waals surface area contributed by atoms with Crippen LogP contribution in [-0.4, -0.2) is 42.1 Å². The van der Waals surface area contributed by atoms with Crippen LogP contribution in [0.5, 0.6) is 5.75 Å². The van der Waals surface area contributed by atoms with Crippen LogP contribution >= 0.6 is 27.5 Å². The van der Waals surface area contributed by atoms with Crippen LogP contribution in [0.1, 0.15) is 0 Å². The summed E-state index contributed by atoms with van der Waals surface area (Å²) in [5.74, 6) is -2.05. The van der Waals surface area contributed by atoms with Gasteiger partial charge in [-0.2, -0.15) is 5.10 Å². The number of aliphatic carboxylic acids is 1. The van der Waals surface area contributed by atoms with Gasteiger partial charge in [-0.25, -0.2) is 17.6 Å². The van der Waals surface area contributed by atoms with Gasteiger partial charge in [0.25, 0.3) is 0 Å². The van der Waals surface area contributed by atoms with Gasteiger partial charge >= 0.3 is 5.97 Å². The van der Waals surface area contributed by atoms with Crippen LogP contribution in [0.2, 0.25) is 5.02 Å². The Kier molecular flexibility index (Phi) is 5.21. The number of halogens is 3. The van der Waals surface area contributed by atoms with Gasteiger partial charge in [0.2, 0.25) is 0 Å². The van der Waals surface area contributed by atoms with E-state index in [2.05, 4.69) is 21.0 Å². The number of nitrogens with zero attached hydrogens (tertiary/aromatic N) is 2. The van der Waals surface area contributed by atoms with E-state index >= 15 is 0 Å². The molecule has 0 aliphatic heterocycles. The number of aromatic nitrogens is 2. The number of aryl methyl sites for hydroxylation is 1. The highest BCUT2D eigenvalue weighted by Crippen LogP contribution is 2.38. The summed E-state index contributed by atoms with van der Waals surface area (Å²) in [7, 11) is -2.20. The molecule has 0 unspecified atom stereocenters. The molecule has 0 spiro atoms. The van der Waals surface area contributed by atoms with Crippen molar-refractivity contribution < 1.29 is 27.4 Å². The fraction of sp³-hybridized carbons (Fsp3) is 0.231. The molecule has 0 aliphatic carbocycles. The molecule has 0 fully saturated rings. The molecular weight excluding hydrogens is 431 g/mol. The fourth-order valence-corrected chi connectivity index (χ4v) is 4.60. The molecule has 24 heavy (non-hydrogen) atoms. The van der Waals surface area contributed by atoms with Gasteiger partial charge in [0.05, 0.1) is 9.50 Å². The Labute approximate surface area is 150 Å². The highest BCUT2D eigenvalue weighted by Gasteiger charge is 2.25. The van der Waals surface area contributed by atoms with E-state index in [0.717, 1.165) is 17.0 Å². The lowest BCUT2D eigenvalue weighted by Gasteiger charge is -2.09. The molecule has 1 aromatic carbocycles. The number of sulfone groups is 1. The summed E-state index contributed by atoms with van der Waals surface area (Å²) in [5, 5.41) is 12.4. The highest BCUT2D eigenvalue weighted by molar-refractivity contribution is 9.10. The lowest BCUT2D eigenvalue weighted by molar-refractivity contribution is -0.139. The molecule has 7 nitrogen and oxygen atoms in total. The van der Waals surface area contributed by atoms with E-state index < -0.39 is 28.2 Å². The molecule has 0 amide bonds. The summed E-state index contributed by atoms with van der Waals surface area (Å²) in [6.07, 6.45) is 0.998. The van der Waals surface area contributed by atoms with Crippen LogP contribution < -0.4 is 4.74 Å². The zero-order chi connectivity index (χ0) is 18.2. The number of ether oxygens (including phenoxy) is 1. The zero-order valence-electron chi connectivity index (χ0n) is 12.4. The van der Waals surface area contributed by atoms with Crippen molar-refractivity contribution >= 4 is 43.3 Å². The fourth-order valence-electron chi connectivity index (χ4n) is 2.02. The molecule has 0 aliphatic rings. The largest absolute Gasteiger partial charge is 0.480 e. The molecule has 2 rings (SSSR count). The number of hydrogen-bond donors (Lipinski definition) is 1. The maximum Gasteiger partial charge on any atom is 0.341 e. The van der Waals surface area contributed by atoms with Crippen LogP contribution in [0.3, 0.4) is 0 Å². The molecular formula is C13H11BrClFN2O5S. The number of carboxylic acids is 1. The average molecular weight is 442 g/mol. The average Bonchev–Trinajstić information content (AvgIpc) is 2.72. The molecule has 11 heteroatoms. The maximum atomic E-state index is 14.3. The Bertz CT molecular complexity index is 929. The first-order valence-electron chi connectivity index (χ1n) is 6.29. The second-order valence-electron chi connectivity index (χ2n) is 4.81. The van der Waals surface area contributed by atoms with Gasteiger partial charge in [0.15, 0.2) is 21.5 Å². The van der Waals surface area contributed by atoms with Gasteiger partial charge in [0, 0.05) is 18.9 Å². The second kappa shape index (κ2) is 6.69. The van der Waals surface area contributed by atoms with E-state index in [4.69, 9.17) is 21.4 Å². The first-order valence-corrected chi connectivity index (χ1v) is 9.35. The van der Waals surface area contributed by atoms with Crippen molar-refractivity contribution in [2.45, 2.75) is 5.03 Å². The first-order chi connectivity index (χ1) is 11.0. The normalized spacial score (nSPS) is 11.5. The molecule has 2 aromatic rings. The summed E-state index contributed by atoms with van der Waals surface area (Å²) in [5.41, 5.74) is -0.0653. The van der Waals surface area contributed by atoms with Gasteiger partial charge in [-0.05, 0) is 28.1 Å². The van der Waals surface area contributed by atoms with E-state index in [-0.39, 0.29) is 31.5 Å². The Morgan fingerprint density at radius 2 is 2.12 bits per heavy atom. The summed E-state index contributed by atoms with van der Waals surface area (Å²) in [4.78, 5) is 10.6. The molecule has 0 bridgehead atoms. The molecule has 0 atom stereocenters. The molecule has 1 N–H and O–H groups in total. The number of benzene rings is 1. The monoisotopic (exact) mass is 440 g/mol. The van der Waals surface area contributed by atoms with Gasteiger partial charge in [-0.3, -0.25) is 4.68 Å². The molecule has 1 heterocycles. The van der Waals surface area contributed by atoms with Crippen molar-refractivity contribution in [1.82, 2.24) is 9.78 Å². The number of rotatable bonds is 5. The Hall–Kier alpha value is -1.65. The van der Waals surface area contributed by atoms with E-state index in [1.165, 1.54) is 13.1 Å². The first kappa shape index (κ1) is 18.7. The lowest BCUT2D eigenvalue weighted by Crippen LogP contribution is -2.09. The van der Waals surface area contributed by atoms with Crippen LogP contribution in [-0.2, 0) is 21.7 Å². The second-order valence-corrected chi connectivity index (χ2v) is 7.94. The smallest absolute Gasteiger partial charge is 0.341 e. The summed E-state index contributed by atoms with van der Waals surface area (Å²) < 4.78 is 44.0. The van der Waals surface area contributed by atoms with Crippen molar-refractivity contribution in [2.24, 2.45) is 7.05 Å². The third-order valence-corrected chi connectivity index (χ3v) is 5.40. The molecule has 130 valence electrons. The summed E-state index contributed by atoms with van der Waals surface area (Å²) in [6.45, 7) is -0.664. The molecule has 0 radical (unpaired) electrons. The minimum atomic E-state index is -3.61. The summed E-state index contributed by atoms with van der Waals surface area (Å²) in [6, 6.07) is 2.11. The van der Waals surface area contributed by atoms with Gasteiger partial charge < -0.3 is 9.84 Å². The number of carbonyl (C=O) groups is 1. The number of hydrogen-bond acceptors (Lipinski definition) is 5. The van der Waals surface area contributed by atoms with Crippen molar-refractivity contribution in [1.29, 1.82) is 0 Å². The molecule has 0 saturated heterocycles. The van der Waals surface area contributed by atoms with Crippen LogP contribution in [0.25, 0.3) is 11.3 Å². The Morgan fingerprint density at radius 1 is 1.50 bits per heavy atom. The van der Waals surface area contributed by atoms with Crippen molar-refractivity contribution in [3.8, 4) is 17.0 Å². The van der Waals surface area contributed by atoms with Gasteiger partial charge in [-0.1, -0.05) is 11.6 Å². The third-order valence-electron chi connectivity index (χ3n) is 2.92. The Balaban J connectivity index is 2.61. The zero-order valence-corrected chi connectivity index (χ0v) is 15.5. The van der Waals surface area contributed by atoms with Crippen LogP contribution in [0, 0.1) is 5.82 Å². The maximum absolute atomic E-state index is 14.3. The van der Waals surface area contributed by atoms with Crippen molar-refractivity contribution in [3.63, 3.8) is 0 Å². The highest BCUT2D eigenvalue weighted by atomic mass is 79.9. The van der Waals surface area contributed by atoms with E-state index in [1.807, 2.05) is 0 Å². The Morgan fingerprint density at radius 3 is 2.62 bits per heavy atom. The van der Waals surface area contributed by atoms with Crippen LogP contribution in [0.15, 0.2) is 21.6 Å². The minimum absolute atomic E-state index is 0.0206. The molecule has 0 saturated carbocycles. The predicted octanol–water partition coefficient (Wildman–Crippen LogP) is 2.51. The number of carboxylic acid groups (broad SMARTS) is 1. The topological polar surface area (TPSA) is 98.5 Å². The van der Waals surface area contributed by atoms with Gasteiger partial charge in [-0.15, -0.1) is 0 Å². The van der Waals surface area contributed by atoms with E-state index in [0.29, 0.717) is 0 Å². The van der Waals surface area contributed by atoms with Crippen molar-refractivity contribution in [2.75, 3.05) is 12.9 Å². The van der Waals surface area contributed by atoms with Crippen molar-refractivity contribution in [3.05, 3.63) is 27.4 Å². The van der Waals surface area contributed by atoms with Crippen LogP contribution in [0.4, 0.5) is 4.39 Å². The molecule has 1 aromatic heterocycles. The quantitative estimate of drug-likeness (QED) is 0.765. The summed E-state index contributed by atoms with van der Waals surface area (Å²) >= 11 is 8.95. The predicted molar refractivity (Wildman–Crippen MR) is 87.6 cm³/mol. The third kappa shape index (κ3) is 3.70. The standard InChI is InChI=1S/C13H11BrClFN2O5S/c1-18-13(24(2,21)22)11(14)12(17-18)6-3-9(23-5-10(19)20)7(15)4-8(6)16/h3-4H,5H2,1-2H3,(H,19,20). The van der Waals surface area contributed by atoms with Gasteiger partial charge in [0.1, 0.15) is 17.3 Å². The lowest BCUT2D eigenvalue weighted by atomic mass is 10.1. The van der Waals surface area contributed by atoms with E-state index in [1.54, 1.807) is 0 Å². The SMILES string of the molecule is Cn1nc(-c2cc(OCC(=O)O)c(Cl)cc2F)c(Br)c1S(C)(=O)=O. The van der Waals surface area contributed by atoms with E-state index in [9.17, 15) is 17.6 Å². The minimum Gasteiger partial charge on any atom is -0.480 e.